The van der Waals surface area contributed by atoms with Crippen LogP contribution in [-0.2, 0) is 6.42 Å². The van der Waals surface area contributed by atoms with E-state index in [-0.39, 0.29) is 11.9 Å². The number of halogens is 1. The normalized spacial score (nSPS) is 13.5. The fraction of sp³-hybridized carbons (Fsp3) is 0.478. The van der Waals surface area contributed by atoms with Crippen molar-refractivity contribution in [2.45, 2.75) is 50.4 Å². The third-order valence-corrected chi connectivity index (χ3v) is 6.09. The molecule has 0 aromatic heterocycles. The van der Waals surface area contributed by atoms with Gasteiger partial charge in [0.25, 0.3) is 0 Å². The lowest BCUT2D eigenvalue weighted by Crippen LogP contribution is -2.20. The number of hydrogen-bond donors (Lipinski definition) is 2. The highest BCUT2D eigenvalue weighted by molar-refractivity contribution is 7.99. The van der Waals surface area contributed by atoms with E-state index in [9.17, 15) is 10.2 Å². The fourth-order valence-corrected chi connectivity index (χ4v) is 3.80. The van der Waals surface area contributed by atoms with E-state index in [1.165, 1.54) is 11.1 Å². The van der Waals surface area contributed by atoms with E-state index in [1.807, 2.05) is 24.5 Å². The van der Waals surface area contributed by atoms with Crippen LogP contribution in [0.3, 0.4) is 0 Å². The molecule has 0 fully saturated rings. The van der Waals surface area contributed by atoms with Crippen molar-refractivity contribution in [3.05, 3.63) is 64.2 Å². The molecule has 0 spiro atoms. The first-order valence-electron chi connectivity index (χ1n) is 9.74. The van der Waals surface area contributed by atoms with E-state index in [4.69, 9.17) is 16.3 Å². The van der Waals surface area contributed by atoms with Gasteiger partial charge < -0.3 is 14.9 Å². The summed E-state index contributed by atoms with van der Waals surface area (Å²) in [5, 5.41) is 20.2. The summed E-state index contributed by atoms with van der Waals surface area (Å²) in [5.74, 6) is 1.31. The van der Waals surface area contributed by atoms with Crippen LogP contribution in [0.25, 0.3) is 0 Å². The van der Waals surface area contributed by atoms with Crippen LogP contribution in [0.2, 0.25) is 5.02 Å². The topological polar surface area (TPSA) is 49.7 Å². The van der Waals surface area contributed by atoms with Crippen molar-refractivity contribution >= 4 is 23.4 Å². The summed E-state index contributed by atoms with van der Waals surface area (Å²) < 4.78 is 5.96. The molecule has 2 aromatic rings. The SMILES string of the molecule is CSC(CO)CC(O)CCOc1ccc(Cl)cc1Cc1ccc(C(C)C)cc1. The molecule has 0 heterocycles. The molecule has 0 bridgehead atoms. The zero-order valence-corrected chi connectivity index (χ0v) is 18.5. The van der Waals surface area contributed by atoms with Gasteiger partial charge >= 0.3 is 0 Å². The Morgan fingerprint density at radius 2 is 1.82 bits per heavy atom. The van der Waals surface area contributed by atoms with Crippen molar-refractivity contribution in [1.29, 1.82) is 0 Å². The smallest absolute Gasteiger partial charge is 0.122 e. The van der Waals surface area contributed by atoms with Crippen molar-refractivity contribution in [3.8, 4) is 5.75 Å². The molecule has 0 aliphatic carbocycles. The summed E-state index contributed by atoms with van der Waals surface area (Å²) in [6.07, 6.45) is 3.30. The van der Waals surface area contributed by atoms with Crippen molar-refractivity contribution in [2.75, 3.05) is 19.5 Å². The highest BCUT2D eigenvalue weighted by Crippen LogP contribution is 2.27. The number of hydrogen-bond acceptors (Lipinski definition) is 4. The molecule has 2 N–H and O–H groups in total. The van der Waals surface area contributed by atoms with Gasteiger partial charge in [0.1, 0.15) is 5.75 Å². The molecule has 2 unspecified atom stereocenters. The van der Waals surface area contributed by atoms with E-state index >= 15 is 0 Å². The third-order valence-electron chi connectivity index (χ3n) is 4.84. The maximum absolute atomic E-state index is 10.2. The quantitative estimate of drug-likeness (QED) is 0.516. The average molecular weight is 423 g/mol. The molecule has 28 heavy (non-hydrogen) atoms. The first kappa shape index (κ1) is 23.1. The number of benzene rings is 2. The minimum Gasteiger partial charge on any atom is -0.493 e. The first-order chi connectivity index (χ1) is 13.4. The summed E-state index contributed by atoms with van der Waals surface area (Å²) in [7, 11) is 0. The van der Waals surface area contributed by atoms with E-state index in [2.05, 4.69) is 38.1 Å². The van der Waals surface area contributed by atoms with Crippen LogP contribution < -0.4 is 4.74 Å². The molecule has 154 valence electrons. The number of aliphatic hydroxyl groups is 2. The lowest BCUT2D eigenvalue weighted by atomic mass is 9.98. The molecule has 0 aliphatic rings. The summed E-state index contributed by atoms with van der Waals surface area (Å²) >= 11 is 7.77. The second-order valence-corrected chi connectivity index (χ2v) is 8.97. The third kappa shape index (κ3) is 7.32. The molecule has 0 aliphatic heterocycles. The molecule has 2 aromatic carbocycles. The van der Waals surface area contributed by atoms with Gasteiger partial charge in [0, 0.05) is 23.1 Å². The van der Waals surface area contributed by atoms with E-state index in [0.717, 1.165) is 17.7 Å². The Hall–Kier alpha value is -1.20. The molecule has 2 rings (SSSR count). The second-order valence-electron chi connectivity index (χ2n) is 7.39. The van der Waals surface area contributed by atoms with Crippen LogP contribution in [0.5, 0.6) is 5.75 Å². The minimum atomic E-state index is -0.482. The van der Waals surface area contributed by atoms with E-state index < -0.39 is 6.10 Å². The van der Waals surface area contributed by atoms with Crippen LogP contribution in [-0.4, -0.2) is 41.0 Å². The zero-order valence-electron chi connectivity index (χ0n) is 16.9. The monoisotopic (exact) mass is 422 g/mol. The van der Waals surface area contributed by atoms with Gasteiger partial charge in [0.15, 0.2) is 0 Å². The minimum absolute atomic E-state index is 0.0647. The number of thioether (sulfide) groups is 1. The zero-order chi connectivity index (χ0) is 20.5. The lowest BCUT2D eigenvalue weighted by molar-refractivity contribution is 0.123. The largest absolute Gasteiger partial charge is 0.493 e. The molecular weight excluding hydrogens is 392 g/mol. The summed E-state index contributed by atoms with van der Waals surface area (Å²) in [4.78, 5) is 0. The van der Waals surface area contributed by atoms with Crippen molar-refractivity contribution in [2.24, 2.45) is 0 Å². The average Bonchev–Trinajstić information content (AvgIpc) is 2.68. The number of aliphatic hydroxyl groups excluding tert-OH is 2. The van der Waals surface area contributed by atoms with E-state index in [1.54, 1.807) is 11.8 Å². The van der Waals surface area contributed by atoms with Gasteiger partial charge in [-0.15, -0.1) is 0 Å². The Labute approximate surface area is 178 Å². The van der Waals surface area contributed by atoms with Crippen LogP contribution in [0.4, 0.5) is 0 Å². The molecule has 0 saturated heterocycles. The molecule has 5 heteroatoms. The molecular formula is C23H31ClO3S. The highest BCUT2D eigenvalue weighted by Gasteiger charge is 2.14. The van der Waals surface area contributed by atoms with Gasteiger partial charge in [-0.2, -0.15) is 11.8 Å². The fourth-order valence-electron chi connectivity index (χ4n) is 3.04. The van der Waals surface area contributed by atoms with Crippen LogP contribution in [0.1, 0.15) is 49.3 Å². The van der Waals surface area contributed by atoms with Crippen LogP contribution in [0.15, 0.2) is 42.5 Å². The Balaban J connectivity index is 1.98. The summed E-state index contributed by atoms with van der Waals surface area (Å²) in [5.41, 5.74) is 3.57. The Morgan fingerprint density at radius 3 is 2.43 bits per heavy atom. The maximum Gasteiger partial charge on any atom is 0.122 e. The Bertz CT molecular complexity index is 714. The molecule has 0 amide bonds. The van der Waals surface area contributed by atoms with Crippen molar-refractivity contribution in [3.63, 3.8) is 0 Å². The van der Waals surface area contributed by atoms with E-state index in [0.29, 0.717) is 30.4 Å². The van der Waals surface area contributed by atoms with Gasteiger partial charge in [0.2, 0.25) is 0 Å². The summed E-state index contributed by atoms with van der Waals surface area (Å²) in [6.45, 7) is 4.88. The Morgan fingerprint density at radius 1 is 1.11 bits per heavy atom. The van der Waals surface area contributed by atoms with Crippen LogP contribution in [0, 0.1) is 0 Å². The van der Waals surface area contributed by atoms with Gasteiger partial charge in [-0.25, -0.2) is 0 Å². The lowest BCUT2D eigenvalue weighted by Gasteiger charge is -2.17. The van der Waals surface area contributed by atoms with Crippen molar-refractivity contribution < 1.29 is 14.9 Å². The molecule has 2 atom stereocenters. The Kier molecular flexibility index (Phi) is 9.66. The summed E-state index contributed by atoms with van der Waals surface area (Å²) in [6, 6.07) is 14.3. The highest BCUT2D eigenvalue weighted by atomic mass is 35.5. The molecule has 0 saturated carbocycles. The second kappa shape index (κ2) is 11.7. The van der Waals surface area contributed by atoms with Gasteiger partial charge in [-0.05, 0) is 53.5 Å². The first-order valence-corrected chi connectivity index (χ1v) is 11.4. The molecule has 3 nitrogen and oxygen atoms in total. The standard InChI is InChI=1S/C23H31ClO3S/c1-16(2)18-6-4-17(5-7-18)12-19-13-20(24)8-9-23(19)27-11-10-21(26)14-22(15-25)28-3/h4-9,13,16,21-22,25-26H,10-12,14-15H2,1-3H3. The predicted molar refractivity (Wildman–Crippen MR) is 120 cm³/mol. The molecule has 0 radical (unpaired) electrons. The van der Waals surface area contributed by atoms with Gasteiger partial charge in [-0.3, -0.25) is 0 Å². The maximum atomic E-state index is 10.2. The van der Waals surface area contributed by atoms with Gasteiger partial charge in [-0.1, -0.05) is 49.7 Å². The van der Waals surface area contributed by atoms with Crippen molar-refractivity contribution in [1.82, 2.24) is 0 Å². The predicted octanol–water partition coefficient (Wildman–Crippen LogP) is 5.30. The van der Waals surface area contributed by atoms with Gasteiger partial charge in [0.05, 0.1) is 19.3 Å². The van der Waals surface area contributed by atoms with Crippen LogP contribution >= 0.6 is 23.4 Å². The number of rotatable bonds is 11. The number of ether oxygens (including phenoxy) is 1.